The van der Waals surface area contributed by atoms with E-state index in [1.54, 1.807) is 0 Å². The Balaban J connectivity index is 3.03. The van der Waals surface area contributed by atoms with Crippen LogP contribution in [0.3, 0.4) is 0 Å². The van der Waals surface area contributed by atoms with Gasteiger partial charge in [-0.25, -0.2) is 0 Å². The van der Waals surface area contributed by atoms with Crippen molar-refractivity contribution in [3.05, 3.63) is 16.4 Å². The number of hydrogen-bond donors (Lipinski definition) is 1. The van der Waals surface area contributed by atoms with E-state index in [0.717, 1.165) is 11.0 Å². The van der Waals surface area contributed by atoms with Crippen LogP contribution in [0.2, 0.25) is 0 Å². The molecule has 0 aliphatic heterocycles. The topological polar surface area (TPSA) is 43.8 Å². The third-order valence-electron chi connectivity index (χ3n) is 2.35. The Hall–Kier alpha value is -0.350. The van der Waals surface area contributed by atoms with E-state index >= 15 is 0 Å². The summed E-state index contributed by atoms with van der Waals surface area (Å²) >= 11 is 3.49. The molecule has 2 atom stereocenters. The molecule has 2 unspecified atom stereocenters. The smallest absolute Gasteiger partial charge is 0.0635 e. The highest BCUT2D eigenvalue weighted by atomic mass is 79.9. The molecule has 0 saturated carbocycles. The number of halogens is 1. The Morgan fingerprint density at radius 3 is 2.69 bits per heavy atom. The van der Waals surface area contributed by atoms with Crippen molar-refractivity contribution >= 4 is 15.9 Å². The van der Waals surface area contributed by atoms with Crippen LogP contribution in [0, 0.1) is 0 Å². The highest BCUT2D eigenvalue weighted by molar-refractivity contribution is 9.10. The summed E-state index contributed by atoms with van der Waals surface area (Å²) in [6.45, 7) is 7.11. The number of nitrogens with zero attached hydrogens (tertiary/aromatic N) is 2. The molecular weight excluding hydrogens is 230 g/mol. The zero-order chi connectivity index (χ0) is 10.0. The van der Waals surface area contributed by atoms with Crippen LogP contribution >= 0.6 is 15.9 Å². The van der Waals surface area contributed by atoms with Gasteiger partial charge in [0.05, 0.1) is 16.4 Å². The van der Waals surface area contributed by atoms with Gasteiger partial charge in [-0.1, -0.05) is 6.92 Å². The normalized spacial score (nSPS) is 15.8. The van der Waals surface area contributed by atoms with Gasteiger partial charge in [0.25, 0.3) is 0 Å². The van der Waals surface area contributed by atoms with Crippen LogP contribution < -0.4 is 5.73 Å². The van der Waals surface area contributed by atoms with Gasteiger partial charge in [0, 0.05) is 18.5 Å². The SMILES string of the molecule is CCn1ncc(Br)c1C(C)C(C)N. The number of hydrogen-bond acceptors (Lipinski definition) is 2. The maximum absolute atomic E-state index is 5.86. The maximum atomic E-state index is 5.86. The number of aromatic nitrogens is 2. The lowest BCUT2D eigenvalue weighted by molar-refractivity contribution is 0.530. The molecule has 1 rings (SSSR count). The van der Waals surface area contributed by atoms with Crippen LogP contribution in [0.4, 0.5) is 0 Å². The van der Waals surface area contributed by atoms with Gasteiger partial charge in [-0.2, -0.15) is 5.10 Å². The second-order valence-electron chi connectivity index (χ2n) is 3.34. The monoisotopic (exact) mass is 245 g/mol. The van der Waals surface area contributed by atoms with E-state index in [-0.39, 0.29) is 6.04 Å². The molecule has 0 amide bonds. The molecule has 0 fully saturated rings. The molecule has 0 saturated heterocycles. The van der Waals surface area contributed by atoms with E-state index in [4.69, 9.17) is 5.73 Å². The van der Waals surface area contributed by atoms with Crippen molar-refractivity contribution in [2.45, 2.75) is 39.3 Å². The molecule has 4 heteroatoms. The van der Waals surface area contributed by atoms with Crippen molar-refractivity contribution in [1.82, 2.24) is 9.78 Å². The Morgan fingerprint density at radius 2 is 2.23 bits per heavy atom. The van der Waals surface area contributed by atoms with Gasteiger partial charge in [-0.05, 0) is 29.8 Å². The molecule has 3 nitrogen and oxygen atoms in total. The fourth-order valence-corrected chi connectivity index (χ4v) is 1.98. The lowest BCUT2D eigenvalue weighted by Crippen LogP contribution is -2.25. The third kappa shape index (κ3) is 2.11. The summed E-state index contributed by atoms with van der Waals surface area (Å²) < 4.78 is 3.04. The molecule has 0 aliphatic rings. The second kappa shape index (κ2) is 4.24. The summed E-state index contributed by atoms with van der Waals surface area (Å²) in [5, 5.41) is 4.25. The first-order valence-corrected chi connectivity index (χ1v) is 5.34. The minimum absolute atomic E-state index is 0.151. The minimum atomic E-state index is 0.151. The first-order chi connectivity index (χ1) is 6.07. The number of aryl methyl sites for hydroxylation is 1. The summed E-state index contributed by atoms with van der Waals surface area (Å²) in [6.07, 6.45) is 1.83. The average molecular weight is 246 g/mol. The fourth-order valence-electron chi connectivity index (χ4n) is 1.33. The van der Waals surface area contributed by atoms with Crippen LogP contribution in [0.25, 0.3) is 0 Å². The molecule has 0 aromatic carbocycles. The van der Waals surface area contributed by atoms with Crippen LogP contribution in [0.5, 0.6) is 0 Å². The first-order valence-electron chi connectivity index (χ1n) is 4.54. The second-order valence-corrected chi connectivity index (χ2v) is 4.20. The van der Waals surface area contributed by atoms with Crippen LogP contribution in [0.15, 0.2) is 10.7 Å². The summed E-state index contributed by atoms with van der Waals surface area (Å²) in [6, 6.07) is 0.151. The molecule has 1 heterocycles. The first kappa shape index (κ1) is 10.7. The predicted octanol–water partition coefficient (Wildman–Crippen LogP) is 2.12. The number of nitrogens with two attached hydrogens (primary N) is 1. The summed E-state index contributed by atoms with van der Waals surface area (Å²) in [5.74, 6) is 0.330. The Kier molecular flexibility index (Phi) is 3.50. The average Bonchev–Trinajstić information content (AvgIpc) is 2.45. The van der Waals surface area contributed by atoms with Crippen LogP contribution in [-0.2, 0) is 6.54 Å². The highest BCUT2D eigenvalue weighted by Crippen LogP contribution is 2.26. The zero-order valence-electron chi connectivity index (χ0n) is 8.29. The summed E-state index contributed by atoms with van der Waals surface area (Å²) in [4.78, 5) is 0. The van der Waals surface area contributed by atoms with E-state index in [1.165, 1.54) is 5.69 Å². The van der Waals surface area contributed by atoms with Crippen LogP contribution in [0.1, 0.15) is 32.4 Å². The molecule has 0 spiro atoms. The molecule has 74 valence electrons. The van der Waals surface area contributed by atoms with Crippen molar-refractivity contribution in [3.63, 3.8) is 0 Å². The molecule has 13 heavy (non-hydrogen) atoms. The zero-order valence-corrected chi connectivity index (χ0v) is 9.87. The molecule has 0 aliphatic carbocycles. The van der Waals surface area contributed by atoms with Crippen LogP contribution in [-0.4, -0.2) is 15.8 Å². The van der Waals surface area contributed by atoms with E-state index in [1.807, 2.05) is 17.8 Å². The lowest BCUT2D eigenvalue weighted by atomic mass is 10.0. The number of rotatable bonds is 3. The van der Waals surface area contributed by atoms with Gasteiger partial charge < -0.3 is 5.73 Å². The molecular formula is C9H16BrN3. The quantitative estimate of drug-likeness (QED) is 0.887. The maximum Gasteiger partial charge on any atom is 0.0635 e. The highest BCUT2D eigenvalue weighted by Gasteiger charge is 2.18. The Labute approximate surface area is 87.4 Å². The molecule has 1 aromatic heterocycles. The van der Waals surface area contributed by atoms with E-state index < -0.39 is 0 Å². The summed E-state index contributed by atoms with van der Waals surface area (Å²) in [7, 11) is 0. The molecule has 0 radical (unpaired) electrons. The molecule has 0 bridgehead atoms. The summed E-state index contributed by atoms with van der Waals surface area (Å²) in [5.41, 5.74) is 7.05. The Morgan fingerprint density at radius 1 is 1.62 bits per heavy atom. The van der Waals surface area contributed by atoms with Gasteiger partial charge in [0.1, 0.15) is 0 Å². The largest absolute Gasteiger partial charge is 0.327 e. The van der Waals surface area contributed by atoms with E-state index in [2.05, 4.69) is 34.9 Å². The van der Waals surface area contributed by atoms with E-state index in [9.17, 15) is 0 Å². The van der Waals surface area contributed by atoms with Gasteiger partial charge in [-0.3, -0.25) is 4.68 Å². The van der Waals surface area contributed by atoms with Crippen molar-refractivity contribution in [3.8, 4) is 0 Å². The van der Waals surface area contributed by atoms with Gasteiger partial charge in [0.2, 0.25) is 0 Å². The Bertz CT molecular complexity index is 280. The predicted molar refractivity (Wildman–Crippen MR) is 57.7 cm³/mol. The van der Waals surface area contributed by atoms with Gasteiger partial charge in [0.15, 0.2) is 0 Å². The van der Waals surface area contributed by atoms with Crippen molar-refractivity contribution in [2.24, 2.45) is 5.73 Å². The van der Waals surface area contributed by atoms with Gasteiger partial charge in [-0.15, -0.1) is 0 Å². The minimum Gasteiger partial charge on any atom is -0.327 e. The molecule has 2 N–H and O–H groups in total. The standard InChI is InChI=1S/C9H16BrN3/c1-4-13-9(6(2)7(3)11)8(10)5-12-13/h5-7H,4,11H2,1-3H3. The van der Waals surface area contributed by atoms with Crippen molar-refractivity contribution in [1.29, 1.82) is 0 Å². The van der Waals surface area contributed by atoms with Crippen molar-refractivity contribution in [2.75, 3.05) is 0 Å². The molecule has 1 aromatic rings. The van der Waals surface area contributed by atoms with Gasteiger partial charge >= 0.3 is 0 Å². The third-order valence-corrected chi connectivity index (χ3v) is 2.96. The van der Waals surface area contributed by atoms with E-state index in [0.29, 0.717) is 5.92 Å². The lowest BCUT2D eigenvalue weighted by Gasteiger charge is -2.17. The fraction of sp³-hybridized carbons (Fsp3) is 0.667. The van der Waals surface area contributed by atoms with Crippen molar-refractivity contribution < 1.29 is 0 Å².